The van der Waals surface area contributed by atoms with Crippen molar-refractivity contribution in [2.45, 2.75) is 41.9 Å². The Bertz CT molecular complexity index is 362. The van der Waals surface area contributed by atoms with E-state index in [1.54, 1.807) is 0 Å². The Balaban J connectivity index is 2.00. The number of benzene rings is 1. The predicted octanol–water partition coefficient (Wildman–Crippen LogP) is 3.33. The summed E-state index contributed by atoms with van der Waals surface area (Å²) in [6.07, 6.45) is 3.94. The van der Waals surface area contributed by atoms with E-state index in [0.29, 0.717) is 10.1 Å². The van der Waals surface area contributed by atoms with Crippen molar-refractivity contribution >= 4 is 11.8 Å². The second-order valence-corrected chi connectivity index (χ2v) is 5.57. The maximum Gasteiger partial charge on any atom is 0.136 e. The molecule has 0 aliphatic heterocycles. The largest absolute Gasteiger partial charge is 0.328 e. The van der Waals surface area contributed by atoms with Crippen LogP contribution in [0.5, 0.6) is 0 Å². The molecule has 0 saturated heterocycles. The van der Waals surface area contributed by atoms with Crippen molar-refractivity contribution in [3.63, 3.8) is 0 Å². The first kappa shape index (κ1) is 11.9. The summed E-state index contributed by atoms with van der Waals surface area (Å²) in [6, 6.07) is 3.89. The zero-order chi connectivity index (χ0) is 11.5. The van der Waals surface area contributed by atoms with Gasteiger partial charge in [-0.1, -0.05) is 0 Å². The van der Waals surface area contributed by atoms with E-state index < -0.39 is 0 Å². The highest BCUT2D eigenvalue weighted by Crippen LogP contribution is 2.34. The van der Waals surface area contributed by atoms with Gasteiger partial charge in [0.1, 0.15) is 11.6 Å². The summed E-state index contributed by atoms with van der Waals surface area (Å²) in [4.78, 5) is 0.417. The van der Waals surface area contributed by atoms with Crippen LogP contribution in [0.25, 0.3) is 0 Å². The van der Waals surface area contributed by atoms with Gasteiger partial charge in [-0.15, -0.1) is 11.8 Å². The van der Waals surface area contributed by atoms with Crippen LogP contribution in [0.1, 0.15) is 25.7 Å². The first-order valence-electron chi connectivity index (χ1n) is 5.52. The summed E-state index contributed by atoms with van der Waals surface area (Å²) in [6.45, 7) is 0. The molecule has 0 aromatic heterocycles. The van der Waals surface area contributed by atoms with Gasteiger partial charge in [0.15, 0.2) is 0 Å². The molecule has 2 N–H and O–H groups in total. The van der Waals surface area contributed by atoms with Crippen LogP contribution in [0, 0.1) is 11.6 Å². The van der Waals surface area contributed by atoms with Crippen molar-refractivity contribution in [3.05, 3.63) is 29.8 Å². The van der Waals surface area contributed by atoms with E-state index in [0.717, 1.165) is 31.7 Å². The van der Waals surface area contributed by atoms with Crippen molar-refractivity contribution in [1.29, 1.82) is 0 Å². The molecular formula is C12H15F2NS. The molecule has 1 nitrogen and oxygen atoms in total. The van der Waals surface area contributed by atoms with Crippen molar-refractivity contribution in [2.24, 2.45) is 5.73 Å². The second kappa shape index (κ2) is 5.15. The lowest BCUT2D eigenvalue weighted by atomic mass is 9.96. The number of hydrogen-bond acceptors (Lipinski definition) is 2. The van der Waals surface area contributed by atoms with Gasteiger partial charge in [0.25, 0.3) is 0 Å². The molecular weight excluding hydrogens is 228 g/mol. The quantitative estimate of drug-likeness (QED) is 0.862. The Labute approximate surface area is 98.4 Å². The van der Waals surface area contributed by atoms with Gasteiger partial charge in [0.2, 0.25) is 0 Å². The maximum atomic E-state index is 13.4. The topological polar surface area (TPSA) is 26.0 Å². The highest BCUT2D eigenvalue weighted by atomic mass is 32.2. The first-order valence-corrected chi connectivity index (χ1v) is 6.40. The van der Waals surface area contributed by atoms with Crippen LogP contribution in [0.4, 0.5) is 8.78 Å². The van der Waals surface area contributed by atoms with E-state index in [2.05, 4.69) is 0 Å². The Hall–Kier alpha value is -0.610. The van der Waals surface area contributed by atoms with Crippen LogP contribution in [-0.4, -0.2) is 11.3 Å². The monoisotopic (exact) mass is 243 g/mol. The number of nitrogens with two attached hydrogens (primary N) is 1. The molecule has 0 atom stereocenters. The fourth-order valence-corrected chi connectivity index (χ4v) is 3.18. The van der Waals surface area contributed by atoms with Gasteiger partial charge < -0.3 is 5.73 Å². The van der Waals surface area contributed by atoms with Crippen LogP contribution >= 0.6 is 11.8 Å². The van der Waals surface area contributed by atoms with Gasteiger partial charge in [-0.05, 0) is 43.9 Å². The third kappa shape index (κ3) is 2.95. The fourth-order valence-electron chi connectivity index (χ4n) is 1.95. The molecule has 16 heavy (non-hydrogen) atoms. The van der Waals surface area contributed by atoms with E-state index >= 15 is 0 Å². The van der Waals surface area contributed by atoms with Crippen molar-refractivity contribution in [2.75, 3.05) is 0 Å². The predicted molar refractivity (Wildman–Crippen MR) is 62.4 cm³/mol. The minimum atomic E-state index is -0.378. The van der Waals surface area contributed by atoms with Crippen molar-refractivity contribution < 1.29 is 8.78 Å². The smallest absolute Gasteiger partial charge is 0.136 e. The van der Waals surface area contributed by atoms with Gasteiger partial charge in [-0.3, -0.25) is 0 Å². The minimum Gasteiger partial charge on any atom is -0.328 e. The zero-order valence-electron chi connectivity index (χ0n) is 8.96. The van der Waals surface area contributed by atoms with E-state index in [4.69, 9.17) is 5.73 Å². The lowest BCUT2D eigenvalue weighted by Gasteiger charge is -2.25. The number of halogens is 2. The summed E-state index contributed by atoms with van der Waals surface area (Å²) in [5.41, 5.74) is 5.80. The van der Waals surface area contributed by atoms with Gasteiger partial charge in [-0.25, -0.2) is 8.78 Å². The molecule has 4 heteroatoms. The summed E-state index contributed by atoms with van der Waals surface area (Å²) < 4.78 is 26.4. The van der Waals surface area contributed by atoms with Crippen molar-refractivity contribution in [3.8, 4) is 0 Å². The van der Waals surface area contributed by atoms with Crippen LogP contribution < -0.4 is 5.73 Å². The summed E-state index contributed by atoms with van der Waals surface area (Å²) in [5.74, 6) is -0.710. The number of rotatable bonds is 2. The van der Waals surface area contributed by atoms with Crippen LogP contribution in [0.15, 0.2) is 23.1 Å². The third-order valence-corrected chi connectivity index (χ3v) is 4.28. The first-order chi connectivity index (χ1) is 7.65. The molecule has 2 rings (SSSR count). The summed E-state index contributed by atoms with van der Waals surface area (Å²) in [7, 11) is 0. The fraction of sp³-hybridized carbons (Fsp3) is 0.500. The van der Waals surface area contributed by atoms with Crippen LogP contribution in [0.3, 0.4) is 0 Å². The maximum absolute atomic E-state index is 13.4. The molecule has 0 spiro atoms. The van der Waals surface area contributed by atoms with E-state index in [1.807, 2.05) is 0 Å². The molecule has 1 aromatic rings. The van der Waals surface area contributed by atoms with Crippen LogP contribution in [-0.2, 0) is 0 Å². The van der Waals surface area contributed by atoms with E-state index in [9.17, 15) is 8.78 Å². The average molecular weight is 243 g/mol. The molecule has 1 aliphatic rings. The molecule has 1 aromatic carbocycles. The van der Waals surface area contributed by atoms with Crippen LogP contribution in [0.2, 0.25) is 0 Å². The molecule has 0 unspecified atom stereocenters. The van der Waals surface area contributed by atoms with E-state index in [1.165, 1.54) is 23.9 Å². The molecule has 0 radical (unpaired) electrons. The Morgan fingerprint density at radius 2 is 1.81 bits per heavy atom. The Morgan fingerprint density at radius 3 is 2.50 bits per heavy atom. The summed E-state index contributed by atoms with van der Waals surface area (Å²) in [5, 5.41) is 0.371. The van der Waals surface area contributed by atoms with E-state index in [-0.39, 0.29) is 17.7 Å². The van der Waals surface area contributed by atoms with Gasteiger partial charge in [0.05, 0.1) is 0 Å². The molecule has 0 heterocycles. The average Bonchev–Trinajstić information content (AvgIpc) is 2.27. The second-order valence-electron chi connectivity index (χ2n) is 4.23. The molecule has 88 valence electrons. The molecule has 1 fully saturated rings. The highest BCUT2D eigenvalue weighted by Gasteiger charge is 2.20. The Morgan fingerprint density at radius 1 is 1.12 bits per heavy atom. The number of thioether (sulfide) groups is 1. The standard InChI is InChI=1S/C12H15F2NS/c13-8-1-6-11(14)12(7-8)16-10-4-2-9(15)3-5-10/h1,6-7,9-10H,2-5,15H2. The van der Waals surface area contributed by atoms with Gasteiger partial charge in [-0.2, -0.15) is 0 Å². The zero-order valence-corrected chi connectivity index (χ0v) is 9.77. The lowest BCUT2D eigenvalue weighted by Crippen LogP contribution is -2.27. The SMILES string of the molecule is NC1CCC(Sc2cc(F)ccc2F)CC1. The van der Waals surface area contributed by atoms with Crippen molar-refractivity contribution in [1.82, 2.24) is 0 Å². The minimum absolute atomic E-state index is 0.286. The Kier molecular flexibility index (Phi) is 3.82. The van der Waals surface area contributed by atoms with Gasteiger partial charge in [0, 0.05) is 16.2 Å². The third-order valence-electron chi connectivity index (χ3n) is 2.91. The lowest BCUT2D eigenvalue weighted by molar-refractivity contribution is 0.450. The highest BCUT2D eigenvalue weighted by molar-refractivity contribution is 8.00. The summed E-state index contributed by atoms with van der Waals surface area (Å²) >= 11 is 1.44. The van der Waals surface area contributed by atoms with Gasteiger partial charge >= 0.3 is 0 Å². The molecule has 0 bridgehead atoms. The molecule has 0 amide bonds. The number of hydrogen-bond donors (Lipinski definition) is 1. The molecule has 1 saturated carbocycles. The molecule has 1 aliphatic carbocycles. The normalized spacial score (nSPS) is 25.7.